The average molecular weight is 196 g/mol. The third-order valence-corrected chi connectivity index (χ3v) is 2.02. The number of ether oxygens (including phenoxy) is 2. The highest BCUT2D eigenvalue weighted by Crippen LogP contribution is 2.25. The zero-order valence-electron chi connectivity index (χ0n) is 7.13. The van der Waals surface area contributed by atoms with Crippen LogP contribution in [0.2, 0.25) is 0 Å². The number of rotatable bonds is 3. The first-order valence-electron chi connectivity index (χ1n) is 3.91. The Morgan fingerprint density at radius 3 is 2.46 bits per heavy atom. The van der Waals surface area contributed by atoms with Crippen molar-refractivity contribution in [2.75, 3.05) is 13.7 Å². The second kappa shape index (κ2) is 4.30. The summed E-state index contributed by atoms with van der Waals surface area (Å²) < 4.78 is 22.3. The van der Waals surface area contributed by atoms with Crippen molar-refractivity contribution in [1.29, 1.82) is 0 Å². The van der Waals surface area contributed by atoms with Crippen LogP contribution in [0.25, 0.3) is 0 Å². The molecule has 0 aromatic heterocycles. The molecule has 1 rings (SSSR count). The topological polar surface area (TPSA) is 79.2 Å². The summed E-state index contributed by atoms with van der Waals surface area (Å²) in [5, 5.41) is 26.9. The van der Waals surface area contributed by atoms with Crippen LogP contribution in [-0.2, 0) is 9.47 Å². The maximum atomic E-state index is 12.9. The first-order chi connectivity index (χ1) is 6.11. The molecule has 0 unspecified atom stereocenters. The van der Waals surface area contributed by atoms with Gasteiger partial charge in [-0.15, -0.1) is 0 Å². The van der Waals surface area contributed by atoms with E-state index in [1.165, 1.54) is 7.11 Å². The van der Waals surface area contributed by atoms with Crippen LogP contribution in [0.5, 0.6) is 0 Å². The zero-order valence-corrected chi connectivity index (χ0v) is 7.13. The van der Waals surface area contributed by atoms with Gasteiger partial charge >= 0.3 is 0 Å². The van der Waals surface area contributed by atoms with Gasteiger partial charge in [-0.3, -0.25) is 0 Å². The number of halogens is 1. The quantitative estimate of drug-likeness (QED) is 0.507. The van der Waals surface area contributed by atoms with E-state index in [2.05, 4.69) is 4.74 Å². The molecule has 6 heteroatoms. The molecule has 0 spiro atoms. The van der Waals surface area contributed by atoms with Gasteiger partial charge in [0, 0.05) is 7.11 Å². The average Bonchev–Trinajstić information content (AvgIpc) is 2.43. The number of methoxy groups -OCH3 is 1. The third-order valence-electron chi connectivity index (χ3n) is 2.02. The van der Waals surface area contributed by atoms with Gasteiger partial charge in [0.05, 0.1) is 6.61 Å². The lowest BCUT2D eigenvalue weighted by molar-refractivity contribution is -0.159. The summed E-state index contributed by atoms with van der Waals surface area (Å²) >= 11 is 0. The monoisotopic (exact) mass is 196 g/mol. The molecule has 5 atom stereocenters. The minimum absolute atomic E-state index is 0.759. The molecular formula is C7H13FO5. The minimum Gasteiger partial charge on any atom is -0.393 e. The minimum atomic E-state index is -1.72. The number of aliphatic hydroxyl groups excluding tert-OH is 3. The molecule has 1 aliphatic rings. The summed E-state index contributed by atoms with van der Waals surface area (Å²) in [6, 6.07) is 0. The first-order valence-corrected chi connectivity index (χ1v) is 3.91. The lowest BCUT2D eigenvalue weighted by atomic mass is 10.1. The van der Waals surface area contributed by atoms with Gasteiger partial charge < -0.3 is 24.8 Å². The van der Waals surface area contributed by atoms with Gasteiger partial charge in [0.1, 0.15) is 18.3 Å². The molecular weight excluding hydrogens is 183 g/mol. The van der Waals surface area contributed by atoms with Crippen LogP contribution < -0.4 is 0 Å². The maximum absolute atomic E-state index is 12.9. The van der Waals surface area contributed by atoms with E-state index in [1.54, 1.807) is 0 Å². The highest BCUT2D eigenvalue weighted by Gasteiger charge is 2.46. The lowest BCUT2D eigenvalue weighted by Crippen LogP contribution is -2.38. The lowest BCUT2D eigenvalue weighted by Gasteiger charge is -2.16. The van der Waals surface area contributed by atoms with E-state index in [-0.39, 0.29) is 0 Å². The number of hydrogen-bond donors (Lipinski definition) is 3. The van der Waals surface area contributed by atoms with Crippen LogP contribution in [0.3, 0.4) is 0 Å². The molecule has 0 aliphatic carbocycles. The highest BCUT2D eigenvalue weighted by molar-refractivity contribution is 4.90. The molecule has 78 valence electrons. The highest BCUT2D eigenvalue weighted by atomic mass is 19.1. The van der Waals surface area contributed by atoms with E-state index in [4.69, 9.17) is 9.84 Å². The van der Waals surface area contributed by atoms with Gasteiger partial charge in [-0.25, -0.2) is 4.39 Å². The Morgan fingerprint density at radius 2 is 2.08 bits per heavy atom. The smallest absolute Gasteiger partial charge is 0.186 e. The second-order valence-electron chi connectivity index (χ2n) is 2.88. The summed E-state index contributed by atoms with van der Waals surface area (Å²) in [5.74, 6) is 0. The Hall–Kier alpha value is -0.270. The van der Waals surface area contributed by atoms with Crippen LogP contribution in [0.1, 0.15) is 0 Å². The van der Waals surface area contributed by atoms with Gasteiger partial charge in [0.25, 0.3) is 0 Å². The van der Waals surface area contributed by atoms with E-state index in [9.17, 15) is 14.6 Å². The van der Waals surface area contributed by atoms with Gasteiger partial charge in [-0.05, 0) is 0 Å². The Kier molecular flexibility index (Phi) is 3.57. The molecule has 0 aromatic carbocycles. The normalized spacial score (nSPS) is 42.2. The SMILES string of the molecule is CO[C@@H]1O[C@@H]([C@H](F)CO)[C@H](O)[C@H]1O. The summed E-state index contributed by atoms with van der Waals surface area (Å²) in [6.45, 7) is -0.759. The molecule has 1 saturated heterocycles. The van der Waals surface area contributed by atoms with Crippen molar-refractivity contribution >= 4 is 0 Å². The van der Waals surface area contributed by atoms with Crippen LogP contribution >= 0.6 is 0 Å². The predicted molar refractivity (Wildman–Crippen MR) is 39.7 cm³/mol. The summed E-state index contributed by atoms with van der Waals surface area (Å²) in [4.78, 5) is 0. The fourth-order valence-corrected chi connectivity index (χ4v) is 1.27. The van der Waals surface area contributed by atoms with Gasteiger partial charge in [0.15, 0.2) is 12.5 Å². The molecule has 0 aromatic rings. The van der Waals surface area contributed by atoms with E-state index in [1.807, 2.05) is 0 Å². The van der Waals surface area contributed by atoms with Crippen molar-refractivity contribution in [3.63, 3.8) is 0 Å². The van der Waals surface area contributed by atoms with Crippen molar-refractivity contribution in [3.8, 4) is 0 Å². The summed E-state index contributed by atoms with van der Waals surface area (Å²) in [5.41, 5.74) is 0. The van der Waals surface area contributed by atoms with Gasteiger partial charge in [0.2, 0.25) is 0 Å². The van der Waals surface area contributed by atoms with Crippen molar-refractivity contribution in [1.82, 2.24) is 0 Å². The summed E-state index contributed by atoms with van der Waals surface area (Å²) in [7, 11) is 1.27. The maximum Gasteiger partial charge on any atom is 0.186 e. The van der Waals surface area contributed by atoms with Crippen LogP contribution in [0, 0.1) is 0 Å². The molecule has 0 radical (unpaired) electrons. The third kappa shape index (κ3) is 1.97. The largest absolute Gasteiger partial charge is 0.393 e. The number of aliphatic hydroxyl groups is 3. The first kappa shape index (κ1) is 10.8. The van der Waals surface area contributed by atoms with Crippen LogP contribution in [-0.4, -0.2) is 59.8 Å². The molecule has 0 bridgehead atoms. The molecule has 1 aliphatic heterocycles. The molecule has 1 heterocycles. The Labute approximate surface area is 74.7 Å². The van der Waals surface area contributed by atoms with Crippen LogP contribution in [0.4, 0.5) is 4.39 Å². The van der Waals surface area contributed by atoms with Gasteiger partial charge in [-0.2, -0.15) is 0 Å². The Morgan fingerprint density at radius 1 is 1.46 bits per heavy atom. The molecule has 13 heavy (non-hydrogen) atoms. The van der Waals surface area contributed by atoms with Gasteiger partial charge in [-0.1, -0.05) is 0 Å². The molecule has 3 N–H and O–H groups in total. The zero-order chi connectivity index (χ0) is 10.0. The van der Waals surface area contributed by atoms with Crippen molar-refractivity contribution in [2.24, 2.45) is 0 Å². The number of hydrogen-bond acceptors (Lipinski definition) is 5. The van der Waals surface area contributed by atoms with Crippen molar-refractivity contribution in [2.45, 2.75) is 30.8 Å². The van der Waals surface area contributed by atoms with E-state index < -0.39 is 37.4 Å². The standard InChI is InChI=1S/C7H13FO5/c1-12-7-5(11)4(10)6(13-7)3(8)2-9/h3-7,9-11H,2H2,1H3/t3-,4-,5-,6+,7-/m1/s1. The van der Waals surface area contributed by atoms with Crippen molar-refractivity contribution < 1.29 is 29.2 Å². The predicted octanol–water partition coefficient (Wildman–Crippen LogP) is -1.59. The summed E-state index contributed by atoms with van der Waals surface area (Å²) in [6.07, 6.45) is -6.63. The van der Waals surface area contributed by atoms with E-state index in [0.717, 1.165) is 0 Å². The Bertz CT molecular complexity index is 167. The molecule has 0 amide bonds. The van der Waals surface area contributed by atoms with Crippen molar-refractivity contribution in [3.05, 3.63) is 0 Å². The molecule has 1 fully saturated rings. The Balaban J connectivity index is 2.60. The molecule has 5 nitrogen and oxygen atoms in total. The molecule has 0 saturated carbocycles. The second-order valence-corrected chi connectivity index (χ2v) is 2.88. The fraction of sp³-hybridized carbons (Fsp3) is 1.00. The van der Waals surface area contributed by atoms with E-state index >= 15 is 0 Å². The van der Waals surface area contributed by atoms with E-state index in [0.29, 0.717) is 0 Å². The van der Waals surface area contributed by atoms with Crippen LogP contribution in [0.15, 0.2) is 0 Å². The fourth-order valence-electron chi connectivity index (χ4n) is 1.27. The number of alkyl halides is 1.